The molecule has 3 N–H and O–H groups in total. The Balaban J connectivity index is 2.47. The van der Waals surface area contributed by atoms with Crippen molar-refractivity contribution < 1.29 is 15.0 Å². The Hall–Kier alpha value is -1.81. The molecular formula is C11H11NO3. The van der Waals surface area contributed by atoms with Gasteiger partial charge in [0.1, 0.15) is 0 Å². The van der Waals surface area contributed by atoms with Crippen molar-refractivity contribution in [2.24, 2.45) is 0 Å². The van der Waals surface area contributed by atoms with Gasteiger partial charge in [0.2, 0.25) is 0 Å². The molecule has 0 amide bonds. The SMILES string of the molecule is O=C(O)c1ccc2[nH]c(CCO)cc2c1. The van der Waals surface area contributed by atoms with Crippen molar-refractivity contribution >= 4 is 16.9 Å². The molecule has 0 radical (unpaired) electrons. The maximum atomic E-state index is 10.7. The average molecular weight is 205 g/mol. The Morgan fingerprint density at radius 1 is 1.33 bits per heavy atom. The van der Waals surface area contributed by atoms with E-state index in [0.717, 1.165) is 16.6 Å². The van der Waals surface area contributed by atoms with Crippen LogP contribution in [0.4, 0.5) is 0 Å². The number of hydrogen-bond acceptors (Lipinski definition) is 2. The van der Waals surface area contributed by atoms with Crippen LogP contribution in [0.1, 0.15) is 16.1 Å². The number of carboxylic acids is 1. The van der Waals surface area contributed by atoms with Crippen molar-refractivity contribution in [3.05, 3.63) is 35.5 Å². The second-order valence-corrected chi connectivity index (χ2v) is 3.38. The van der Waals surface area contributed by atoms with Gasteiger partial charge in [0, 0.05) is 29.6 Å². The predicted octanol–water partition coefficient (Wildman–Crippen LogP) is 1.40. The largest absolute Gasteiger partial charge is 0.478 e. The predicted molar refractivity (Wildman–Crippen MR) is 56.0 cm³/mol. The number of carboxylic acid groups (broad SMARTS) is 1. The van der Waals surface area contributed by atoms with Gasteiger partial charge in [0.25, 0.3) is 0 Å². The number of aliphatic hydroxyl groups is 1. The molecular weight excluding hydrogens is 194 g/mol. The van der Waals surface area contributed by atoms with Crippen LogP contribution in [0, 0.1) is 0 Å². The molecule has 1 aromatic carbocycles. The fourth-order valence-electron chi connectivity index (χ4n) is 1.58. The smallest absolute Gasteiger partial charge is 0.335 e. The highest BCUT2D eigenvalue weighted by molar-refractivity contribution is 5.93. The van der Waals surface area contributed by atoms with Gasteiger partial charge in [-0.15, -0.1) is 0 Å². The van der Waals surface area contributed by atoms with Gasteiger partial charge < -0.3 is 15.2 Å². The molecule has 78 valence electrons. The third-order valence-electron chi connectivity index (χ3n) is 2.30. The number of benzene rings is 1. The summed E-state index contributed by atoms with van der Waals surface area (Å²) < 4.78 is 0. The second kappa shape index (κ2) is 3.74. The molecule has 0 saturated carbocycles. The van der Waals surface area contributed by atoms with Crippen LogP contribution >= 0.6 is 0 Å². The van der Waals surface area contributed by atoms with Crippen molar-refractivity contribution in [3.63, 3.8) is 0 Å². The molecule has 0 unspecified atom stereocenters. The number of rotatable bonds is 3. The normalized spacial score (nSPS) is 10.7. The van der Waals surface area contributed by atoms with E-state index < -0.39 is 5.97 Å². The molecule has 0 aliphatic heterocycles. The molecule has 1 aromatic heterocycles. The molecule has 2 rings (SSSR count). The van der Waals surface area contributed by atoms with Gasteiger partial charge in [-0.3, -0.25) is 0 Å². The highest BCUT2D eigenvalue weighted by Gasteiger charge is 2.05. The molecule has 4 heteroatoms. The lowest BCUT2D eigenvalue weighted by Crippen LogP contribution is -1.94. The first kappa shape index (κ1) is 9.73. The minimum atomic E-state index is -0.929. The lowest BCUT2D eigenvalue weighted by atomic mass is 10.1. The third-order valence-corrected chi connectivity index (χ3v) is 2.30. The number of carbonyl (C=O) groups is 1. The van der Waals surface area contributed by atoms with Gasteiger partial charge in [0.05, 0.1) is 5.56 Å². The van der Waals surface area contributed by atoms with Crippen LogP contribution in [0.15, 0.2) is 24.3 Å². The number of fused-ring (bicyclic) bond motifs is 1. The highest BCUT2D eigenvalue weighted by atomic mass is 16.4. The summed E-state index contributed by atoms with van der Waals surface area (Å²) in [6.07, 6.45) is 0.553. The Kier molecular flexibility index (Phi) is 2.43. The van der Waals surface area contributed by atoms with E-state index in [4.69, 9.17) is 10.2 Å². The first-order chi connectivity index (χ1) is 7.20. The Morgan fingerprint density at radius 3 is 2.80 bits per heavy atom. The van der Waals surface area contributed by atoms with E-state index in [0.29, 0.717) is 6.42 Å². The summed E-state index contributed by atoms with van der Waals surface area (Å²) in [6.45, 7) is 0.0820. The quantitative estimate of drug-likeness (QED) is 0.709. The maximum absolute atomic E-state index is 10.7. The Labute approximate surface area is 86.2 Å². The van der Waals surface area contributed by atoms with Crippen LogP contribution in [0.3, 0.4) is 0 Å². The van der Waals surface area contributed by atoms with Crippen LogP contribution in [0.2, 0.25) is 0 Å². The second-order valence-electron chi connectivity index (χ2n) is 3.38. The zero-order chi connectivity index (χ0) is 10.8. The topological polar surface area (TPSA) is 73.3 Å². The van der Waals surface area contributed by atoms with Gasteiger partial charge in [-0.05, 0) is 24.3 Å². The fourth-order valence-corrected chi connectivity index (χ4v) is 1.58. The van der Waals surface area contributed by atoms with E-state index in [-0.39, 0.29) is 12.2 Å². The van der Waals surface area contributed by atoms with E-state index in [2.05, 4.69) is 4.98 Å². The number of aromatic nitrogens is 1. The summed E-state index contributed by atoms with van der Waals surface area (Å²) in [6, 6.07) is 6.77. The molecule has 1 heterocycles. The van der Waals surface area contributed by atoms with Crippen molar-refractivity contribution in [2.75, 3.05) is 6.61 Å². The van der Waals surface area contributed by atoms with Gasteiger partial charge in [0.15, 0.2) is 0 Å². The summed E-state index contributed by atoms with van der Waals surface area (Å²) in [5, 5.41) is 18.4. The van der Waals surface area contributed by atoms with Crippen molar-refractivity contribution in [1.29, 1.82) is 0 Å². The summed E-state index contributed by atoms with van der Waals surface area (Å²) in [5.41, 5.74) is 2.08. The Morgan fingerprint density at radius 2 is 2.13 bits per heavy atom. The van der Waals surface area contributed by atoms with Crippen LogP contribution in [-0.2, 0) is 6.42 Å². The molecule has 0 saturated heterocycles. The standard InChI is InChI=1S/C11H11NO3/c13-4-3-9-6-8-5-7(11(14)15)1-2-10(8)12-9/h1-2,5-6,12-13H,3-4H2,(H,14,15). The lowest BCUT2D eigenvalue weighted by molar-refractivity contribution is 0.0697. The number of aliphatic hydroxyl groups excluding tert-OH is 1. The summed E-state index contributed by atoms with van der Waals surface area (Å²) in [5.74, 6) is -0.929. The van der Waals surface area contributed by atoms with Crippen LogP contribution in [0.25, 0.3) is 10.9 Å². The minimum Gasteiger partial charge on any atom is -0.478 e. The lowest BCUT2D eigenvalue weighted by Gasteiger charge is -1.93. The summed E-state index contributed by atoms with van der Waals surface area (Å²) in [4.78, 5) is 13.8. The molecule has 2 aromatic rings. The monoisotopic (exact) mass is 205 g/mol. The van der Waals surface area contributed by atoms with Crippen LogP contribution in [0.5, 0.6) is 0 Å². The van der Waals surface area contributed by atoms with Crippen molar-refractivity contribution in [3.8, 4) is 0 Å². The molecule has 0 aliphatic rings. The first-order valence-corrected chi connectivity index (χ1v) is 4.66. The number of aromatic amines is 1. The number of aromatic carboxylic acids is 1. The van der Waals surface area contributed by atoms with Gasteiger partial charge in [-0.25, -0.2) is 4.79 Å². The molecule has 0 spiro atoms. The Bertz CT molecular complexity index is 502. The van der Waals surface area contributed by atoms with E-state index >= 15 is 0 Å². The minimum absolute atomic E-state index is 0.0820. The van der Waals surface area contributed by atoms with Crippen LogP contribution < -0.4 is 0 Å². The zero-order valence-electron chi connectivity index (χ0n) is 8.03. The van der Waals surface area contributed by atoms with E-state index in [1.807, 2.05) is 6.07 Å². The van der Waals surface area contributed by atoms with Gasteiger partial charge in [-0.1, -0.05) is 0 Å². The molecule has 0 aliphatic carbocycles. The van der Waals surface area contributed by atoms with Crippen LogP contribution in [-0.4, -0.2) is 27.8 Å². The molecule has 4 nitrogen and oxygen atoms in total. The average Bonchev–Trinajstić information content (AvgIpc) is 2.59. The molecule has 0 bridgehead atoms. The highest BCUT2D eigenvalue weighted by Crippen LogP contribution is 2.17. The molecule has 15 heavy (non-hydrogen) atoms. The van der Waals surface area contributed by atoms with Crippen molar-refractivity contribution in [2.45, 2.75) is 6.42 Å². The number of nitrogens with one attached hydrogen (secondary N) is 1. The fraction of sp³-hybridized carbons (Fsp3) is 0.182. The van der Waals surface area contributed by atoms with E-state index in [1.54, 1.807) is 18.2 Å². The first-order valence-electron chi connectivity index (χ1n) is 4.66. The number of H-pyrrole nitrogens is 1. The van der Waals surface area contributed by atoms with E-state index in [9.17, 15) is 4.79 Å². The third kappa shape index (κ3) is 1.85. The van der Waals surface area contributed by atoms with E-state index in [1.165, 1.54) is 0 Å². The summed E-state index contributed by atoms with van der Waals surface area (Å²) >= 11 is 0. The molecule has 0 fully saturated rings. The molecule has 0 atom stereocenters. The zero-order valence-corrected chi connectivity index (χ0v) is 8.03. The van der Waals surface area contributed by atoms with Gasteiger partial charge >= 0.3 is 5.97 Å². The van der Waals surface area contributed by atoms with Gasteiger partial charge in [-0.2, -0.15) is 0 Å². The number of hydrogen-bond donors (Lipinski definition) is 3. The van der Waals surface area contributed by atoms with Crippen molar-refractivity contribution in [1.82, 2.24) is 4.98 Å². The summed E-state index contributed by atoms with van der Waals surface area (Å²) in [7, 11) is 0. The maximum Gasteiger partial charge on any atom is 0.335 e.